The number of hydrogen-bond acceptors (Lipinski definition) is 8. The van der Waals surface area contributed by atoms with Gasteiger partial charge in [-0.1, -0.05) is 42.5 Å². The molecule has 1 atom stereocenters. The molecule has 0 unspecified atom stereocenters. The van der Waals surface area contributed by atoms with Crippen LogP contribution in [0.1, 0.15) is 40.9 Å². The fourth-order valence-corrected chi connectivity index (χ4v) is 5.84. The third-order valence-electron chi connectivity index (χ3n) is 8.15. The third-order valence-corrected chi connectivity index (χ3v) is 8.15. The van der Waals surface area contributed by atoms with Crippen molar-refractivity contribution in [3.05, 3.63) is 118 Å². The molecule has 45 heavy (non-hydrogen) atoms. The monoisotopic (exact) mass is 609 g/mol. The molecule has 1 aliphatic heterocycles. The minimum Gasteiger partial charge on any atom is -0.507 e. The van der Waals surface area contributed by atoms with E-state index in [1.807, 2.05) is 30.3 Å². The van der Waals surface area contributed by atoms with Gasteiger partial charge in [0.2, 0.25) is 0 Å². The van der Waals surface area contributed by atoms with Gasteiger partial charge < -0.3 is 29.7 Å². The first-order valence-corrected chi connectivity index (χ1v) is 14.0. The van der Waals surface area contributed by atoms with Gasteiger partial charge in [-0.25, -0.2) is 4.39 Å². The van der Waals surface area contributed by atoms with Gasteiger partial charge in [0.15, 0.2) is 17.3 Å². The molecular weight excluding hydrogens is 581 g/mol. The second-order valence-corrected chi connectivity index (χ2v) is 10.9. The number of phenols is 1. The second kappa shape index (κ2) is 11.1. The van der Waals surface area contributed by atoms with Gasteiger partial charge in [-0.05, 0) is 48.6 Å². The molecule has 1 aliphatic carbocycles. The lowest BCUT2D eigenvalue weighted by molar-refractivity contribution is -0.123. The van der Waals surface area contributed by atoms with Crippen LogP contribution in [0.4, 0.5) is 4.39 Å². The Balaban J connectivity index is 1.31. The lowest BCUT2D eigenvalue weighted by atomic mass is 9.71. The summed E-state index contributed by atoms with van der Waals surface area (Å²) in [4.78, 5) is 39.5. The van der Waals surface area contributed by atoms with E-state index >= 15 is 0 Å². The number of carbonyl (C=O) groups is 3. The first kappa shape index (κ1) is 29.4. The van der Waals surface area contributed by atoms with Crippen molar-refractivity contribution in [1.29, 1.82) is 0 Å². The highest BCUT2D eigenvalue weighted by Crippen LogP contribution is 2.56. The average Bonchev–Trinajstić information content (AvgIpc) is 3.32. The number of aromatic hydroxyl groups is 1. The molecule has 1 heterocycles. The third kappa shape index (κ3) is 4.84. The van der Waals surface area contributed by atoms with E-state index in [1.165, 1.54) is 32.2 Å². The zero-order valence-electron chi connectivity index (χ0n) is 24.6. The van der Waals surface area contributed by atoms with Crippen LogP contribution < -0.4 is 19.5 Å². The highest BCUT2D eigenvalue weighted by Gasteiger charge is 2.55. The van der Waals surface area contributed by atoms with Crippen molar-refractivity contribution < 1.29 is 43.2 Å². The first-order chi connectivity index (χ1) is 21.5. The molecule has 0 saturated carbocycles. The molecule has 0 fully saturated rings. The normalized spacial score (nSPS) is 16.9. The van der Waals surface area contributed by atoms with Crippen LogP contribution in [-0.4, -0.2) is 34.8 Å². The Kier molecular flexibility index (Phi) is 7.28. The van der Waals surface area contributed by atoms with E-state index in [0.29, 0.717) is 5.75 Å². The van der Waals surface area contributed by atoms with Crippen molar-refractivity contribution in [1.82, 2.24) is 5.32 Å². The van der Waals surface area contributed by atoms with Crippen molar-refractivity contribution in [3.8, 4) is 23.0 Å². The Morgan fingerprint density at radius 2 is 1.71 bits per heavy atom. The molecule has 228 valence electrons. The minimum atomic E-state index is -1.66. The maximum atomic E-state index is 13.8. The van der Waals surface area contributed by atoms with Crippen LogP contribution in [0.5, 0.6) is 23.0 Å². The number of nitrogens with one attached hydrogen (secondary N) is 1. The molecular formula is C35H28FNO8. The summed E-state index contributed by atoms with van der Waals surface area (Å²) in [5.41, 5.74) is -0.568. The molecule has 2 aliphatic rings. The molecule has 3 N–H and O–H groups in total. The van der Waals surface area contributed by atoms with Gasteiger partial charge in [-0.2, -0.15) is 0 Å². The lowest BCUT2D eigenvalue weighted by Crippen LogP contribution is -2.38. The van der Waals surface area contributed by atoms with Crippen LogP contribution in [-0.2, 0) is 28.2 Å². The maximum absolute atomic E-state index is 13.8. The summed E-state index contributed by atoms with van der Waals surface area (Å²) in [6.07, 6.45) is 1.15. The Bertz CT molecular complexity index is 1980. The van der Waals surface area contributed by atoms with E-state index in [-0.39, 0.29) is 53.1 Å². The number of phenolic OH excluding ortho intramolecular Hbond substituents is 1. The number of Topliss-reactive ketones (excluding diaryl/α,β-unsaturated/α-hetero) is 2. The summed E-state index contributed by atoms with van der Waals surface area (Å²) < 4.78 is 30.7. The van der Waals surface area contributed by atoms with Crippen LogP contribution in [0.3, 0.4) is 0 Å². The molecule has 1 amide bonds. The average molecular weight is 610 g/mol. The number of methoxy groups -OCH3 is 1. The molecule has 9 nitrogen and oxygen atoms in total. The summed E-state index contributed by atoms with van der Waals surface area (Å²) in [7, 11) is 1.32. The molecule has 0 saturated heterocycles. The lowest BCUT2D eigenvalue weighted by Gasteiger charge is -2.27. The van der Waals surface area contributed by atoms with Gasteiger partial charge in [0, 0.05) is 24.1 Å². The number of benzene rings is 4. The maximum Gasteiger partial charge on any atom is 0.259 e. The van der Waals surface area contributed by atoms with E-state index in [1.54, 1.807) is 18.2 Å². The number of ether oxygens (including phenoxy) is 3. The number of carbonyl (C=O) groups excluding carboxylic acids is 3. The second-order valence-electron chi connectivity index (χ2n) is 10.9. The number of amides is 1. The predicted molar refractivity (Wildman–Crippen MR) is 162 cm³/mol. The number of aliphatic hydroxyl groups is 1. The van der Waals surface area contributed by atoms with Gasteiger partial charge in [0.05, 0.1) is 12.7 Å². The number of halogens is 1. The Morgan fingerprint density at radius 3 is 2.40 bits per heavy atom. The van der Waals surface area contributed by atoms with Crippen molar-refractivity contribution in [2.45, 2.75) is 32.4 Å². The van der Waals surface area contributed by atoms with Crippen LogP contribution in [0.25, 0.3) is 10.8 Å². The van der Waals surface area contributed by atoms with Crippen LogP contribution in [0, 0.1) is 5.82 Å². The van der Waals surface area contributed by atoms with E-state index in [9.17, 15) is 29.0 Å². The molecule has 0 aromatic heterocycles. The molecule has 0 spiro atoms. The fourth-order valence-electron chi connectivity index (χ4n) is 5.84. The number of aliphatic hydroxyl groups excluding tert-OH is 1. The Morgan fingerprint density at radius 1 is 1.00 bits per heavy atom. The Labute approximate surface area is 257 Å². The van der Waals surface area contributed by atoms with Crippen LogP contribution >= 0.6 is 0 Å². The smallest absolute Gasteiger partial charge is 0.259 e. The molecule has 0 bridgehead atoms. The summed E-state index contributed by atoms with van der Waals surface area (Å²) in [5, 5.41) is 25.9. The SMILES string of the molecule is COc1cc(O)c2c(c1C(=O)NCc1ccc(OCc3ccc(F)cc3)c3ccccc13)OC1=CC(O)=C(C(C)=O)C(=O)[C@]12C. The van der Waals surface area contributed by atoms with Gasteiger partial charge in [-0.15, -0.1) is 0 Å². The zero-order valence-corrected chi connectivity index (χ0v) is 24.6. The zero-order chi connectivity index (χ0) is 32.0. The van der Waals surface area contributed by atoms with Gasteiger partial charge in [0.25, 0.3) is 5.91 Å². The molecule has 4 aromatic rings. The highest BCUT2D eigenvalue weighted by molar-refractivity contribution is 6.25. The first-order valence-electron chi connectivity index (χ1n) is 14.0. The Hall–Kier alpha value is -5.64. The predicted octanol–water partition coefficient (Wildman–Crippen LogP) is 5.72. The number of ketones is 2. The van der Waals surface area contributed by atoms with Gasteiger partial charge in [0.1, 0.15) is 57.7 Å². The van der Waals surface area contributed by atoms with Crippen molar-refractivity contribution >= 4 is 28.2 Å². The molecule has 6 rings (SSSR count). The number of hydrogen-bond donors (Lipinski definition) is 3. The van der Waals surface area contributed by atoms with Crippen molar-refractivity contribution in [2.75, 3.05) is 7.11 Å². The molecule has 4 aromatic carbocycles. The highest BCUT2D eigenvalue weighted by atomic mass is 19.1. The van der Waals surface area contributed by atoms with E-state index in [2.05, 4.69) is 5.32 Å². The standard InChI is InChI=1S/C35H28FNO8/c1-18(38)29-24(39)15-28-35(2,33(29)41)31-25(40)14-27(43-3)30(32(31)45-28)34(42)37-16-20-10-13-26(23-7-5-4-6-22(20)23)44-17-19-8-11-21(36)12-9-19/h4-15,39-40H,16-17H2,1-3H3,(H,37,42)/t35-/m1/s1. The van der Waals surface area contributed by atoms with E-state index in [0.717, 1.165) is 34.9 Å². The van der Waals surface area contributed by atoms with Gasteiger partial charge in [-0.3, -0.25) is 14.4 Å². The van der Waals surface area contributed by atoms with Crippen molar-refractivity contribution in [3.63, 3.8) is 0 Å². The number of fused-ring (bicyclic) bond motifs is 4. The molecule has 0 radical (unpaired) electrons. The quantitative estimate of drug-likeness (QED) is 0.216. The van der Waals surface area contributed by atoms with Crippen molar-refractivity contribution in [2.24, 2.45) is 0 Å². The number of rotatable bonds is 8. The van der Waals surface area contributed by atoms with Crippen LogP contribution in [0.2, 0.25) is 0 Å². The molecule has 10 heteroatoms. The summed E-state index contributed by atoms with van der Waals surface area (Å²) in [5.74, 6) is -2.80. The number of allylic oxidation sites excluding steroid dienone is 3. The largest absolute Gasteiger partial charge is 0.507 e. The van der Waals surface area contributed by atoms with Crippen LogP contribution in [0.15, 0.2) is 89.9 Å². The topological polar surface area (TPSA) is 131 Å². The van der Waals surface area contributed by atoms with E-state index < -0.39 is 34.2 Å². The minimum absolute atomic E-state index is 0.00239. The fraction of sp³-hybridized carbons (Fsp3) is 0.171. The summed E-state index contributed by atoms with van der Waals surface area (Å²) in [6, 6.07) is 18.4. The summed E-state index contributed by atoms with van der Waals surface area (Å²) >= 11 is 0. The van der Waals surface area contributed by atoms with Gasteiger partial charge >= 0.3 is 0 Å². The van der Waals surface area contributed by atoms with E-state index in [4.69, 9.17) is 14.2 Å². The summed E-state index contributed by atoms with van der Waals surface area (Å²) in [6.45, 7) is 2.95.